The van der Waals surface area contributed by atoms with Gasteiger partial charge in [0.05, 0.1) is 5.69 Å². The van der Waals surface area contributed by atoms with Crippen LogP contribution < -0.4 is 9.88 Å². The second-order valence-corrected chi connectivity index (χ2v) is 10.2. The van der Waals surface area contributed by atoms with Crippen molar-refractivity contribution in [2.75, 3.05) is 11.9 Å². The van der Waals surface area contributed by atoms with Gasteiger partial charge >= 0.3 is 17.1 Å². The molecule has 0 saturated heterocycles. The van der Waals surface area contributed by atoms with Gasteiger partial charge in [-0.1, -0.05) is 6.92 Å². The van der Waals surface area contributed by atoms with Gasteiger partial charge in [-0.2, -0.15) is 31.3 Å². The Hall–Kier alpha value is -3.54. The summed E-state index contributed by atoms with van der Waals surface area (Å²) in [7, 11) is -13.4. The second kappa shape index (κ2) is 13.3. The van der Waals surface area contributed by atoms with E-state index in [1.54, 1.807) is 24.3 Å². The largest absolute Gasteiger partial charge is 0.480 e. The van der Waals surface area contributed by atoms with Gasteiger partial charge in [-0.15, -0.1) is 0 Å². The molecule has 1 N–H and O–H groups in total. The lowest BCUT2D eigenvalue weighted by molar-refractivity contribution is -0.698. The average Bonchev–Trinajstić information content (AvgIpc) is 2.79. The highest BCUT2D eigenvalue weighted by molar-refractivity contribution is 8.13. The third-order valence-corrected chi connectivity index (χ3v) is 6.72. The number of carbonyl (C=O) groups excluding carboxylic acids is 2. The fourth-order valence-electron chi connectivity index (χ4n) is 2.21. The maximum Gasteiger partial charge on any atom is 0.480 e. The van der Waals surface area contributed by atoms with Crippen molar-refractivity contribution < 1.29 is 62.1 Å². The predicted octanol–water partition coefficient (Wildman–Crippen LogP) is 3.81. The summed E-state index contributed by atoms with van der Waals surface area (Å²) in [5, 5.41) is 2.61. The molecule has 0 aliphatic heterocycles. The highest BCUT2D eigenvalue weighted by atomic mass is 32.3. The molecule has 1 aromatic carbocycles. The maximum absolute atomic E-state index is 11.7. The van der Waals surface area contributed by atoms with Crippen LogP contribution in [0.25, 0.3) is 4.13 Å². The summed E-state index contributed by atoms with van der Waals surface area (Å²) in [6, 6.07) is 10.5. The number of isocyanates is 1. The van der Waals surface area contributed by atoms with Gasteiger partial charge in [0.25, 0.3) is 0 Å². The molecule has 1 heterocycles. The van der Waals surface area contributed by atoms with Gasteiger partial charge in [-0.25, -0.2) is 31.0 Å². The van der Waals surface area contributed by atoms with Crippen LogP contribution in [0.15, 0.2) is 53.8 Å². The van der Waals surface area contributed by atoms with Crippen molar-refractivity contribution in [1.29, 1.82) is 0 Å². The number of benzene rings is 1. The van der Waals surface area contributed by atoms with E-state index in [0.29, 0.717) is 17.9 Å². The van der Waals surface area contributed by atoms with E-state index in [4.69, 9.17) is 4.74 Å². The predicted molar refractivity (Wildman–Crippen MR) is 119 cm³/mol. The smallest absolute Gasteiger partial charge is 0.443 e. The molecular weight excluding hydrogens is 574 g/mol. The first-order valence-corrected chi connectivity index (χ1v) is 12.8. The summed E-state index contributed by atoms with van der Waals surface area (Å²) in [4.78, 5) is 25.3. The highest BCUT2D eigenvalue weighted by Gasteiger charge is 2.46. The van der Waals surface area contributed by atoms with E-state index in [1.807, 2.05) is 23.0 Å². The van der Waals surface area contributed by atoms with Gasteiger partial charge in [0.15, 0.2) is 45.6 Å². The van der Waals surface area contributed by atoms with Crippen LogP contribution in [0.1, 0.15) is 12.5 Å². The average molecular weight is 592 g/mol. The number of aromatic nitrogens is 1. The number of carbonyl (C=O) groups is 1. The van der Waals surface area contributed by atoms with Crippen molar-refractivity contribution >= 4 is 43.6 Å². The molecule has 38 heavy (non-hydrogen) atoms. The van der Waals surface area contributed by atoms with Crippen molar-refractivity contribution in [1.82, 2.24) is 0 Å². The molecule has 2 aromatic rings. The lowest BCUT2D eigenvalue weighted by Gasteiger charge is -2.22. The van der Waals surface area contributed by atoms with Gasteiger partial charge in [-0.3, -0.25) is 5.32 Å². The fraction of sp³-hybridized carbons (Fsp3) is 0.316. The first-order valence-electron chi connectivity index (χ1n) is 9.88. The Morgan fingerprint density at radius 3 is 2.05 bits per heavy atom. The van der Waals surface area contributed by atoms with Gasteiger partial charge in [0.2, 0.25) is 6.08 Å². The Bertz CT molecular complexity index is 1320. The third kappa shape index (κ3) is 10.4. The number of hydrogen-bond acceptors (Lipinski definition) is 8. The van der Waals surface area contributed by atoms with Crippen LogP contribution in [0.4, 0.5) is 42.5 Å². The lowest BCUT2D eigenvalue weighted by Crippen LogP contribution is -2.36. The number of sulfonamides is 2. The molecule has 0 unspecified atom stereocenters. The first kappa shape index (κ1) is 32.5. The third-order valence-electron chi connectivity index (χ3n) is 3.98. The SMILES string of the molecule is CCc1ccc[n+](CCOC(=O)Nc2ccc(N=C=O)cc2)c1.O=S(=O)([N-]S(=O)(=O)C(F)(F)F)C(F)(F)F. The summed E-state index contributed by atoms with van der Waals surface area (Å²) in [6.07, 6.45) is 5.87. The van der Waals surface area contributed by atoms with E-state index in [9.17, 15) is 52.8 Å². The molecule has 1 amide bonds. The van der Waals surface area contributed by atoms with Crippen LogP contribution >= 0.6 is 0 Å². The molecule has 0 bridgehead atoms. The van der Waals surface area contributed by atoms with Crippen molar-refractivity contribution in [3.05, 3.63) is 58.5 Å². The summed E-state index contributed by atoms with van der Waals surface area (Å²) in [5.41, 5.74) is -10.1. The maximum atomic E-state index is 11.7. The standard InChI is InChI=1S/C17H17N3O3.C2F6NO4S2/c1-2-14-4-3-9-20(12-14)10-11-23-17(22)19-16-7-5-15(6-8-16)18-13-21;3-1(4,5)14(10,11)9-15(12,13)2(6,7)8/h3-9,12H,2,10-11H2,1H3;/q;-1/p+1. The number of pyridine rings is 1. The van der Waals surface area contributed by atoms with Crippen LogP contribution in [-0.4, -0.2) is 46.6 Å². The molecule has 19 heteroatoms. The normalized spacial score (nSPS) is 12.0. The van der Waals surface area contributed by atoms with Gasteiger partial charge < -0.3 is 8.86 Å². The minimum Gasteiger partial charge on any atom is -0.443 e. The van der Waals surface area contributed by atoms with Gasteiger partial charge in [0.1, 0.15) is 0 Å². The van der Waals surface area contributed by atoms with Crippen LogP contribution in [0.2, 0.25) is 0 Å². The number of nitrogens with one attached hydrogen (secondary N) is 1. The minimum absolute atomic E-state index is 0.275. The van der Waals surface area contributed by atoms with E-state index in [-0.39, 0.29) is 6.61 Å². The number of amides is 1. The number of aryl methyl sites for hydroxylation is 1. The number of ether oxygens (including phenoxy) is 1. The Morgan fingerprint density at radius 1 is 1.03 bits per heavy atom. The summed E-state index contributed by atoms with van der Waals surface area (Å²) >= 11 is 0. The Balaban J connectivity index is 0.000000420. The fourth-order valence-corrected chi connectivity index (χ4v) is 3.92. The molecule has 0 saturated carbocycles. The molecule has 11 nitrogen and oxygen atoms in total. The molecular formula is C19H18F6N4O7S2. The number of aliphatic imine (C=N–C) groups is 1. The molecule has 0 spiro atoms. The summed E-state index contributed by atoms with van der Waals surface area (Å²) < 4.78 is 116. The molecule has 0 atom stereocenters. The molecule has 210 valence electrons. The zero-order valence-corrected chi connectivity index (χ0v) is 20.7. The van der Waals surface area contributed by atoms with Crippen molar-refractivity contribution in [2.24, 2.45) is 4.99 Å². The van der Waals surface area contributed by atoms with Crippen molar-refractivity contribution in [2.45, 2.75) is 30.9 Å². The van der Waals surface area contributed by atoms with Gasteiger partial charge in [-0.05, 0) is 36.8 Å². The lowest BCUT2D eigenvalue weighted by atomic mass is 10.2. The zero-order valence-electron chi connectivity index (χ0n) is 19.0. The molecule has 0 fully saturated rings. The highest BCUT2D eigenvalue weighted by Crippen LogP contribution is 2.36. The van der Waals surface area contributed by atoms with Crippen LogP contribution in [0, 0.1) is 0 Å². The number of alkyl halides is 6. The molecule has 0 aliphatic carbocycles. The van der Waals surface area contributed by atoms with E-state index in [2.05, 4.69) is 23.3 Å². The van der Waals surface area contributed by atoms with E-state index in [0.717, 1.165) is 10.5 Å². The molecule has 2 rings (SSSR count). The van der Waals surface area contributed by atoms with E-state index < -0.39 is 37.2 Å². The van der Waals surface area contributed by atoms with Crippen molar-refractivity contribution in [3.63, 3.8) is 0 Å². The van der Waals surface area contributed by atoms with Gasteiger partial charge in [0, 0.05) is 17.3 Å². The van der Waals surface area contributed by atoms with Crippen LogP contribution in [0.3, 0.4) is 0 Å². The summed E-state index contributed by atoms with van der Waals surface area (Å²) in [6.45, 7) is 2.96. The van der Waals surface area contributed by atoms with E-state index in [1.165, 1.54) is 11.6 Å². The topological polar surface area (TPSA) is 154 Å². The van der Waals surface area contributed by atoms with Crippen LogP contribution in [0.5, 0.6) is 0 Å². The number of rotatable bonds is 8. The zero-order chi connectivity index (χ0) is 29.2. The summed E-state index contributed by atoms with van der Waals surface area (Å²) in [5.74, 6) is 0. The molecule has 0 aliphatic rings. The van der Waals surface area contributed by atoms with E-state index >= 15 is 0 Å². The molecule has 1 aromatic heterocycles. The number of halogens is 6. The Labute approximate surface area is 212 Å². The Kier molecular flexibility index (Phi) is 11.4. The minimum atomic E-state index is -6.72. The number of hydrogen-bond donors (Lipinski definition) is 1. The number of nitrogens with zero attached hydrogens (tertiary/aromatic N) is 3. The van der Waals surface area contributed by atoms with Crippen molar-refractivity contribution in [3.8, 4) is 0 Å². The quantitative estimate of drug-likeness (QED) is 0.212. The van der Waals surface area contributed by atoms with Crippen LogP contribution in [-0.2, 0) is 42.5 Å². The second-order valence-electron chi connectivity index (χ2n) is 6.73. The molecule has 0 radical (unpaired) electrons. The Morgan fingerprint density at radius 2 is 1.58 bits per heavy atom. The number of anilines is 1. The monoisotopic (exact) mass is 592 g/mol. The first-order chi connectivity index (χ1) is 17.4.